The molecule has 82 valence electrons. The van der Waals surface area contributed by atoms with Gasteiger partial charge in [0, 0.05) is 23.7 Å². The normalized spacial score (nSPS) is 16.3. The van der Waals surface area contributed by atoms with Gasteiger partial charge in [-0.25, -0.2) is 0 Å². The molecule has 0 spiro atoms. The van der Waals surface area contributed by atoms with Gasteiger partial charge in [0.25, 0.3) is 5.91 Å². The molecule has 0 aromatic rings. The summed E-state index contributed by atoms with van der Waals surface area (Å²) >= 11 is 0. The van der Waals surface area contributed by atoms with Gasteiger partial charge in [0.2, 0.25) is 0 Å². The van der Waals surface area contributed by atoms with Crippen LogP contribution in [0.2, 0.25) is 0 Å². The first-order valence-electron chi connectivity index (χ1n) is 4.91. The predicted octanol–water partition coefficient (Wildman–Crippen LogP) is 2.39. The molecular weight excluding hydrogens is 190 g/mol. The van der Waals surface area contributed by atoms with Crippen molar-refractivity contribution >= 4 is 5.91 Å². The highest BCUT2D eigenvalue weighted by Gasteiger charge is 2.25. The minimum Gasteiger partial charge on any atom is -0.512 e. The van der Waals surface area contributed by atoms with Gasteiger partial charge in [0.1, 0.15) is 0 Å². The van der Waals surface area contributed by atoms with Crippen LogP contribution in [0, 0.1) is 5.41 Å². The lowest BCUT2D eigenvalue weighted by Crippen LogP contribution is -2.29. The first-order valence-corrected chi connectivity index (χ1v) is 4.91. The molecule has 0 saturated carbocycles. The van der Waals surface area contributed by atoms with Crippen molar-refractivity contribution in [3.8, 4) is 0 Å². The largest absolute Gasteiger partial charge is 0.512 e. The van der Waals surface area contributed by atoms with E-state index in [1.165, 1.54) is 6.08 Å². The number of rotatable bonds is 4. The summed E-state index contributed by atoms with van der Waals surface area (Å²) in [4.78, 5) is 13.0. The van der Waals surface area contributed by atoms with Crippen LogP contribution in [0.5, 0.6) is 0 Å². The van der Waals surface area contributed by atoms with Gasteiger partial charge in [0.15, 0.2) is 0 Å². The Bertz CT molecular complexity index is 322. The topological polar surface area (TPSA) is 40.5 Å². The second-order valence-corrected chi connectivity index (χ2v) is 4.40. The third-order valence-electron chi connectivity index (χ3n) is 2.77. The third kappa shape index (κ3) is 2.49. The molecule has 0 aromatic carbocycles. The van der Waals surface area contributed by atoms with E-state index in [2.05, 4.69) is 13.2 Å². The van der Waals surface area contributed by atoms with E-state index >= 15 is 0 Å². The number of nitrogens with zero attached hydrogens (tertiary/aromatic N) is 1. The van der Waals surface area contributed by atoms with Crippen molar-refractivity contribution < 1.29 is 9.90 Å². The summed E-state index contributed by atoms with van der Waals surface area (Å²) in [5.41, 5.74) is 0.336. The predicted molar refractivity (Wildman–Crippen MR) is 60.2 cm³/mol. The standard InChI is InChI=1S/C12H17NO2/c1-9-5-6-11(15)13(9)8-7-12(3,4)10(2)14/h5-6,14H,1-2,7-8H2,3-4H3. The van der Waals surface area contributed by atoms with Crippen LogP contribution in [0.1, 0.15) is 20.3 Å². The van der Waals surface area contributed by atoms with Crippen LogP contribution in [0.3, 0.4) is 0 Å². The van der Waals surface area contributed by atoms with Crippen molar-refractivity contribution in [3.63, 3.8) is 0 Å². The first kappa shape index (κ1) is 11.6. The van der Waals surface area contributed by atoms with Gasteiger partial charge in [0.05, 0.1) is 5.76 Å². The summed E-state index contributed by atoms with van der Waals surface area (Å²) in [5, 5.41) is 9.35. The van der Waals surface area contributed by atoms with Gasteiger partial charge in [-0.1, -0.05) is 27.0 Å². The Kier molecular flexibility index (Phi) is 3.03. The van der Waals surface area contributed by atoms with E-state index in [0.29, 0.717) is 18.7 Å². The number of amides is 1. The fraction of sp³-hybridized carbons (Fsp3) is 0.417. The quantitative estimate of drug-likeness (QED) is 0.719. The summed E-state index contributed by atoms with van der Waals surface area (Å²) in [7, 11) is 0. The minimum atomic E-state index is -0.372. The van der Waals surface area contributed by atoms with Crippen molar-refractivity contribution in [3.05, 3.63) is 36.8 Å². The average molecular weight is 207 g/mol. The Balaban J connectivity index is 2.55. The van der Waals surface area contributed by atoms with E-state index in [1.807, 2.05) is 13.8 Å². The van der Waals surface area contributed by atoms with Gasteiger partial charge < -0.3 is 10.0 Å². The van der Waals surface area contributed by atoms with Gasteiger partial charge in [-0.15, -0.1) is 0 Å². The number of carbonyl (C=O) groups is 1. The lowest BCUT2D eigenvalue weighted by atomic mass is 9.87. The molecule has 1 aliphatic heterocycles. The molecule has 1 heterocycles. The maximum Gasteiger partial charge on any atom is 0.251 e. The number of aliphatic hydroxyl groups excluding tert-OH is 1. The zero-order valence-electron chi connectivity index (χ0n) is 9.29. The third-order valence-corrected chi connectivity index (χ3v) is 2.77. The molecule has 0 aromatic heterocycles. The van der Waals surface area contributed by atoms with Crippen LogP contribution in [-0.4, -0.2) is 22.5 Å². The zero-order chi connectivity index (χ0) is 11.6. The molecule has 15 heavy (non-hydrogen) atoms. The summed E-state index contributed by atoms with van der Waals surface area (Å²) in [5.74, 6) is 0.104. The van der Waals surface area contributed by atoms with E-state index in [4.69, 9.17) is 0 Å². The molecule has 0 radical (unpaired) electrons. The molecule has 0 aliphatic carbocycles. The Hall–Kier alpha value is -1.51. The monoisotopic (exact) mass is 207 g/mol. The minimum absolute atomic E-state index is 0.0423. The highest BCUT2D eigenvalue weighted by atomic mass is 16.3. The number of hydrogen-bond acceptors (Lipinski definition) is 2. The Morgan fingerprint density at radius 3 is 2.53 bits per heavy atom. The smallest absolute Gasteiger partial charge is 0.251 e. The van der Waals surface area contributed by atoms with Crippen LogP contribution in [-0.2, 0) is 4.79 Å². The lowest BCUT2D eigenvalue weighted by Gasteiger charge is -2.26. The highest BCUT2D eigenvalue weighted by Crippen LogP contribution is 2.28. The van der Waals surface area contributed by atoms with Crippen LogP contribution in [0.15, 0.2) is 36.8 Å². The zero-order valence-corrected chi connectivity index (χ0v) is 9.29. The number of allylic oxidation sites excluding steroid dienone is 2. The SMILES string of the molecule is C=C1C=CC(=O)N1CCC(C)(C)C(=C)O. The Morgan fingerprint density at radius 1 is 1.53 bits per heavy atom. The molecule has 1 amide bonds. The molecule has 1 N–H and O–H groups in total. The maximum atomic E-state index is 11.4. The van der Waals surface area contributed by atoms with E-state index < -0.39 is 0 Å². The molecule has 0 fully saturated rings. The fourth-order valence-electron chi connectivity index (χ4n) is 1.28. The molecular formula is C12H17NO2. The van der Waals surface area contributed by atoms with Gasteiger partial charge >= 0.3 is 0 Å². The molecule has 0 unspecified atom stereocenters. The van der Waals surface area contributed by atoms with E-state index in [-0.39, 0.29) is 17.1 Å². The van der Waals surface area contributed by atoms with Gasteiger partial charge in [-0.05, 0) is 12.5 Å². The van der Waals surface area contributed by atoms with E-state index in [0.717, 1.165) is 0 Å². The van der Waals surface area contributed by atoms with Crippen molar-refractivity contribution in [2.24, 2.45) is 5.41 Å². The van der Waals surface area contributed by atoms with Crippen LogP contribution >= 0.6 is 0 Å². The first-order chi connectivity index (χ1) is 6.84. The molecule has 3 heteroatoms. The summed E-state index contributed by atoms with van der Waals surface area (Å²) < 4.78 is 0. The second kappa shape index (κ2) is 3.93. The summed E-state index contributed by atoms with van der Waals surface area (Å²) in [6, 6.07) is 0. The highest BCUT2D eigenvalue weighted by molar-refractivity contribution is 5.92. The van der Waals surface area contributed by atoms with Crippen molar-refractivity contribution in [2.75, 3.05) is 6.54 Å². The molecule has 1 aliphatic rings. The Morgan fingerprint density at radius 2 is 2.13 bits per heavy atom. The second-order valence-electron chi connectivity index (χ2n) is 4.40. The van der Waals surface area contributed by atoms with Gasteiger partial charge in [-0.3, -0.25) is 4.79 Å². The van der Waals surface area contributed by atoms with Crippen LogP contribution in [0.25, 0.3) is 0 Å². The molecule has 1 rings (SSSR count). The lowest BCUT2D eigenvalue weighted by molar-refractivity contribution is -0.123. The van der Waals surface area contributed by atoms with Crippen molar-refractivity contribution in [1.29, 1.82) is 0 Å². The fourth-order valence-corrected chi connectivity index (χ4v) is 1.28. The van der Waals surface area contributed by atoms with Gasteiger partial charge in [-0.2, -0.15) is 0 Å². The van der Waals surface area contributed by atoms with E-state index in [1.54, 1.807) is 11.0 Å². The molecule has 0 atom stereocenters. The number of aliphatic hydroxyl groups is 1. The Labute approximate surface area is 90.4 Å². The molecule has 0 saturated heterocycles. The molecule has 3 nitrogen and oxygen atoms in total. The van der Waals surface area contributed by atoms with Crippen LogP contribution < -0.4 is 0 Å². The summed E-state index contributed by atoms with van der Waals surface area (Å²) in [6.07, 6.45) is 3.86. The van der Waals surface area contributed by atoms with Crippen LogP contribution in [0.4, 0.5) is 0 Å². The molecule has 0 bridgehead atoms. The van der Waals surface area contributed by atoms with Crippen molar-refractivity contribution in [1.82, 2.24) is 4.90 Å². The van der Waals surface area contributed by atoms with E-state index in [9.17, 15) is 9.90 Å². The summed E-state index contributed by atoms with van der Waals surface area (Å²) in [6.45, 7) is 11.6. The average Bonchev–Trinajstić information content (AvgIpc) is 2.43. The number of hydrogen-bond donors (Lipinski definition) is 1. The number of carbonyl (C=O) groups excluding carboxylic acids is 1. The van der Waals surface area contributed by atoms with Crippen molar-refractivity contribution in [2.45, 2.75) is 20.3 Å². The maximum absolute atomic E-state index is 11.4.